The lowest BCUT2D eigenvalue weighted by atomic mass is 10.0. The van der Waals surface area contributed by atoms with E-state index in [2.05, 4.69) is 35.9 Å². The van der Waals surface area contributed by atoms with Crippen molar-refractivity contribution >= 4 is 35.5 Å². The third kappa shape index (κ3) is 10.2. The van der Waals surface area contributed by atoms with E-state index < -0.39 is 47.9 Å². The second-order valence-corrected chi connectivity index (χ2v) is 10.1. The quantitative estimate of drug-likeness (QED) is 0.148. The molecule has 2 aromatic rings. The molecule has 2 rings (SSSR count). The molecule has 3 amide bonds. The fraction of sp³-hybridized carbons (Fsp3) is 0.565. The summed E-state index contributed by atoms with van der Waals surface area (Å²) in [5.74, 6) is -2.19. The minimum atomic E-state index is -1.25. The van der Waals surface area contributed by atoms with Crippen molar-refractivity contribution in [3.8, 4) is 0 Å². The third-order valence-electron chi connectivity index (χ3n) is 5.52. The van der Waals surface area contributed by atoms with E-state index in [0.29, 0.717) is 30.0 Å². The maximum absolute atomic E-state index is 13.3. The first kappa shape index (κ1) is 29.8. The predicted molar refractivity (Wildman–Crippen MR) is 138 cm³/mol. The summed E-state index contributed by atoms with van der Waals surface area (Å²) >= 11 is 1.57. The van der Waals surface area contributed by atoms with Gasteiger partial charge in [0.1, 0.15) is 18.1 Å². The number of aromatic nitrogens is 4. The van der Waals surface area contributed by atoms with Crippen molar-refractivity contribution in [3.63, 3.8) is 0 Å². The van der Waals surface area contributed by atoms with E-state index in [9.17, 15) is 24.3 Å². The summed E-state index contributed by atoms with van der Waals surface area (Å²) in [6, 6.07) is -4.08. The Balaban J connectivity index is 2.17. The van der Waals surface area contributed by atoms with E-state index in [0.717, 1.165) is 0 Å². The van der Waals surface area contributed by atoms with Gasteiger partial charge in [0.05, 0.1) is 18.7 Å². The number of rotatable bonds is 16. The Labute approximate surface area is 219 Å². The second kappa shape index (κ2) is 15.0. The molecule has 2 heterocycles. The molecule has 0 saturated heterocycles. The minimum Gasteiger partial charge on any atom is -0.480 e. The smallest absolute Gasteiger partial charge is 0.326 e. The van der Waals surface area contributed by atoms with Gasteiger partial charge in [0, 0.05) is 36.6 Å². The molecule has 0 bridgehead atoms. The molecule has 0 aliphatic heterocycles. The molecule has 37 heavy (non-hydrogen) atoms. The van der Waals surface area contributed by atoms with Gasteiger partial charge >= 0.3 is 5.97 Å². The molecule has 2 aromatic heterocycles. The number of aromatic amines is 2. The van der Waals surface area contributed by atoms with Crippen LogP contribution in [0.2, 0.25) is 0 Å². The lowest BCUT2D eigenvalue weighted by Crippen LogP contribution is -2.58. The van der Waals surface area contributed by atoms with Crippen molar-refractivity contribution in [1.82, 2.24) is 35.9 Å². The Morgan fingerprint density at radius 3 is 1.92 bits per heavy atom. The van der Waals surface area contributed by atoms with Gasteiger partial charge in [-0.1, -0.05) is 13.8 Å². The number of amides is 3. The Kier molecular flexibility index (Phi) is 12.1. The first-order valence-corrected chi connectivity index (χ1v) is 13.3. The summed E-state index contributed by atoms with van der Waals surface area (Å²) in [4.78, 5) is 64.3. The largest absolute Gasteiger partial charge is 0.480 e. The zero-order valence-corrected chi connectivity index (χ0v) is 22.0. The van der Waals surface area contributed by atoms with Crippen LogP contribution >= 0.6 is 11.8 Å². The molecule has 0 fully saturated rings. The molecule has 204 valence electrons. The monoisotopic (exact) mass is 536 g/mol. The number of aliphatic carboxylic acids is 1. The van der Waals surface area contributed by atoms with Crippen molar-refractivity contribution in [2.45, 2.75) is 63.7 Å². The fourth-order valence-electron chi connectivity index (χ4n) is 3.54. The maximum Gasteiger partial charge on any atom is 0.326 e. The van der Waals surface area contributed by atoms with Gasteiger partial charge in [0.15, 0.2) is 0 Å². The summed E-state index contributed by atoms with van der Waals surface area (Å²) in [5, 5.41) is 17.5. The number of hydrogen-bond acceptors (Lipinski definition) is 8. The van der Waals surface area contributed by atoms with Gasteiger partial charge in [-0.3, -0.25) is 14.4 Å². The fourth-order valence-corrected chi connectivity index (χ4v) is 4.03. The maximum atomic E-state index is 13.3. The number of nitrogens with zero attached hydrogens (tertiary/aromatic N) is 2. The average Bonchev–Trinajstić information content (AvgIpc) is 3.55. The number of carboxylic acid groups (broad SMARTS) is 1. The molecule has 8 N–H and O–H groups in total. The number of nitrogens with one attached hydrogen (secondary N) is 5. The Hall–Kier alpha value is -3.39. The van der Waals surface area contributed by atoms with Crippen molar-refractivity contribution in [2.24, 2.45) is 11.7 Å². The van der Waals surface area contributed by atoms with Crippen LogP contribution in [0.3, 0.4) is 0 Å². The van der Waals surface area contributed by atoms with Crippen molar-refractivity contribution in [1.29, 1.82) is 0 Å². The number of carbonyl (C=O) groups is 4. The van der Waals surface area contributed by atoms with Crippen LogP contribution in [-0.2, 0) is 32.0 Å². The third-order valence-corrected chi connectivity index (χ3v) is 6.16. The summed E-state index contributed by atoms with van der Waals surface area (Å²) in [6.45, 7) is 3.81. The highest BCUT2D eigenvalue weighted by molar-refractivity contribution is 7.98. The van der Waals surface area contributed by atoms with Gasteiger partial charge in [-0.2, -0.15) is 11.8 Å². The standard InChI is InChI=1S/C23H36N8O5S/c1-13(2)6-17(29-20(32)16(24)4-5-37-3)21(33)30-18(7-14-9-25-11-27-14)22(34)31-19(23(35)36)8-15-10-26-12-28-15/h9-13,16-19H,4-8,24H2,1-3H3,(H,25,27)(H,26,28)(H,29,32)(H,30,33)(H,31,34)(H,35,36). The molecule has 0 saturated carbocycles. The molecule has 14 heteroatoms. The van der Waals surface area contributed by atoms with E-state index in [1.54, 1.807) is 11.8 Å². The van der Waals surface area contributed by atoms with E-state index in [1.165, 1.54) is 25.0 Å². The Morgan fingerprint density at radius 2 is 1.43 bits per heavy atom. The van der Waals surface area contributed by atoms with Crippen molar-refractivity contribution < 1.29 is 24.3 Å². The number of carbonyl (C=O) groups excluding carboxylic acids is 3. The highest BCUT2D eigenvalue weighted by Gasteiger charge is 2.31. The van der Waals surface area contributed by atoms with E-state index >= 15 is 0 Å². The van der Waals surface area contributed by atoms with Crippen molar-refractivity contribution in [3.05, 3.63) is 36.4 Å². The van der Waals surface area contributed by atoms with E-state index in [1.807, 2.05) is 20.1 Å². The number of nitrogens with two attached hydrogens (primary N) is 1. The van der Waals surface area contributed by atoms with Crippen LogP contribution < -0.4 is 21.7 Å². The first-order chi connectivity index (χ1) is 17.6. The van der Waals surface area contributed by atoms with Crippen LogP contribution in [0.1, 0.15) is 38.1 Å². The molecule has 4 unspecified atom stereocenters. The molecule has 4 atom stereocenters. The molecule has 0 aliphatic rings. The average molecular weight is 537 g/mol. The lowest BCUT2D eigenvalue weighted by Gasteiger charge is -2.26. The first-order valence-electron chi connectivity index (χ1n) is 11.9. The van der Waals surface area contributed by atoms with Crippen molar-refractivity contribution in [2.75, 3.05) is 12.0 Å². The van der Waals surface area contributed by atoms with E-state index in [-0.39, 0.29) is 18.8 Å². The molecule has 0 radical (unpaired) electrons. The highest BCUT2D eigenvalue weighted by atomic mass is 32.2. The van der Waals surface area contributed by atoms with E-state index in [4.69, 9.17) is 5.73 Å². The second-order valence-electron chi connectivity index (χ2n) is 9.10. The van der Waals surface area contributed by atoms with Crippen LogP contribution in [0.5, 0.6) is 0 Å². The Bertz CT molecular complexity index is 999. The van der Waals surface area contributed by atoms with Gasteiger partial charge in [-0.15, -0.1) is 0 Å². The molecule has 0 aliphatic carbocycles. The normalized spacial score (nSPS) is 14.4. The number of thioether (sulfide) groups is 1. The summed E-state index contributed by atoms with van der Waals surface area (Å²) in [6.07, 6.45) is 8.52. The zero-order chi connectivity index (χ0) is 27.4. The van der Waals surface area contributed by atoms with Crippen LogP contribution in [0, 0.1) is 5.92 Å². The number of carboxylic acids is 1. The minimum absolute atomic E-state index is 0.0221. The summed E-state index contributed by atoms with van der Waals surface area (Å²) in [7, 11) is 0. The molecule has 13 nitrogen and oxygen atoms in total. The van der Waals surface area contributed by atoms with Gasteiger partial charge in [-0.25, -0.2) is 14.8 Å². The van der Waals surface area contributed by atoms with Gasteiger partial charge in [-0.05, 0) is 30.8 Å². The summed E-state index contributed by atoms with van der Waals surface area (Å²) < 4.78 is 0. The number of hydrogen-bond donors (Lipinski definition) is 7. The predicted octanol–water partition coefficient (Wildman–Crippen LogP) is -0.416. The topological polar surface area (TPSA) is 208 Å². The van der Waals surface area contributed by atoms with Crippen LogP contribution in [-0.4, -0.2) is 84.9 Å². The number of imidazole rings is 2. The van der Waals surface area contributed by atoms with Crippen LogP contribution in [0.4, 0.5) is 0 Å². The zero-order valence-electron chi connectivity index (χ0n) is 21.2. The molecular formula is C23H36N8O5S. The molecule has 0 spiro atoms. The highest BCUT2D eigenvalue weighted by Crippen LogP contribution is 2.09. The van der Waals surface area contributed by atoms with Gasteiger partial charge in [0.2, 0.25) is 17.7 Å². The lowest BCUT2D eigenvalue weighted by molar-refractivity contribution is -0.142. The Morgan fingerprint density at radius 1 is 0.919 bits per heavy atom. The summed E-state index contributed by atoms with van der Waals surface area (Å²) in [5.41, 5.74) is 7.05. The van der Waals surface area contributed by atoms with Crippen LogP contribution in [0.25, 0.3) is 0 Å². The van der Waals surface area contributed by atoms with Crippen LogP contribution in [0.15, 0.2) is 25.0 Å². The SMILES string of the molecule is CSCCC(N)C(=O)NC(CC(C)C)C(=O)NC(Cc1cnc[nH]1)C(=O)NC(Cc1cnc[nH]1)C(=O)O. The number of H-pyrrole nitrogens is 2. The van der Waals surface area contributed by atoms with Gasteiger partial charge < -0.3 is 36.8 Å². The molecular weight excluding hydrogens is 500 g/mol. The van der Waals surface area contributed by atoms with Gasteiger partial charge in [0.25, 0.3) is 0 Å². The molecule has 0 aromatic carbocycles.